The fourth-order valence-electron chi connectivity index (χ4n) is 1.62. The lowest BCUT2D eigenvalue weighted by atomic mass is 10.1. The normalized spacial score (nSPS) is 10.4. The van der Waals surface area contributed by atoms with Crippen molar-refractivity contribution in [2.45, 2.75) is 20.8 Å². The van der Waals surface area contributed by atoms with Crippen LogP contribution in [0.15, 0.2) is 12.1 Å². The van der Waals surface area contributed by atoms with Gasteiger partial charge < -0.3 is 11.1 Å². The smallest absolute Gasteiger partial charge is 0.269 e. The average molecular weight is 262 g/mol. The van der Waals surface area contributed by atoms with Gasteiger partial charge in [-0.25, -0.2) is 0 Å². The molecule has 0 saturated carbocycles. The summed E-state index contributed by atoms with van der Waals surface area (Å²) in [4.78, 5) is 12.5. The van der Waals surface area contributed by atoms with Crippen LogP contribution in [0.1, 0.15) is 26.5 Å². The molecule has 6 heteroatoms. The second-order valence-corrected chi connectivity index (χ2v) is 4.92. The largest absolute Gasteiger partial charge is 0.398 e. The monoisotopic (exact) mass is 262 g/mol. The molecule has 3 N–H and O–H groups in total. The molecule has 1 aromatic carbocycles. The van der Waals surface area contributed by atoms with E-state index < -0.39 is 0 Å². The number of nitrogen functional groups attached to an aromatic ring is 1. The summed E-state index contributed by atoms with van der Waals surface area (Å²) in [7, 11) is 0. The Labute approximate surface area is 109 Å². The fraction of sp³-hybridized carbons (Fsp3) is 0.250. The molecule has 18 heavy (non-hydrogen) atoms. The van der Waals surface area contributed by atoms with Crippen molar-refractivity contribution < 1.29 is 4.79 Å². The SMILES string of the molecule is Cc1cc(C)c(NC(=O)c2snnc2C)cc1N. The van der Waals surface area contributed by atoms with E-state index in [9.17, 15) is 4.79 Å². The van der Waals surface area contributed by atoms with Crippen molar-refractivity contribution in [1.82, 2.24) is 9.59 Å². The topological polar surface area (TPSA) is 80.9 Å². The molecular weight excluding hydrogens is 248 g/mol. The molecule has 0 aliphatic carbocycles. The fourth-order valence-corrected chi connectivity index (χ4v) is 2.17. The van der Waals surface area contributed by atoms with Gasteiger partial charge in [-0.1, -0.05) is 10.6 Å². The van der Waals surface area contributed by atoms with E-state index in [2.05, 4.69) is 14.9 Å². The predicted molar refractivity (Wildman–Crippen MR) is 72.9 cm³/mol. The highest BCUT2D eigenvalue weighted by Gasteiger charge is 2.14. The number of aromatic nitrogens is 2. The van der Waals surface area contributed by atoms with Crippen LogP contribution >= 0.6 is 11.5 Å². The van der Waals surface area contributed by atoms with Crippen LogP contribution in [0.5, 0.6) is 0 Å². The number of carbonyl (C=O) groups is 1. The second-order valence-electron chi connectivity index (χ2n) is 4.17. The van der Waals surface area contributed by atoms with Gasteiger partial charge in [0.25, 0.3) is 5.91 Å². The maximum Gasteiger partial charge on any atom is 0.269 e. The first-order chi connectivity index (χ1) is 8.49. The quantitative estimate of drug-likeness (QED) is 0.814. The number of nitrogens with two attached hydrogens (primary N) is 1. The number of nitrogens with one attached hydrogen (secondary N) is 1. The Balaban J connectivity index is 2.28. The Morgan fingerprint density at radius 1 is 1.28 bits per heavy atom. The van der Waals surface area contributed by atoms with Crippen LogP contribution in [-0.4, -0.2) is 15.5 Å². The van der Waals surface area contributed by atoms with Gasteiger partial charge in [-0.05, 0) is 49.5 Å². The van der Waals surface area contributed by atoms with Crippen LogP contribution in [0.4, 0.5) is 11.4 Å². The van der Waals surface area contributed by atoms with Gasteiger partial charge in [-0.3, -0.25) is 4.79 Å². The summed E-state index contributed by atoms with van der Waals surface area (Å²) in [5.41, 5.74) is 9.83. The molecule has 1 aromatic heterocycles. The molecule has 0 fully saturated rings. The summed E-state index contributed by atoms with van der Waals surface area (Å²) in [5.74, 6) is -0.200. The lowest BCUT2D eigenvalue weighted by molar-refractivity contribution is 0.102. The molecule has 0 atom stereocenters. The van der Waals surface area contributed by atoms with Crippen LogP contribution in [-0.2, 0) is 0 Å². The molecule has 0 unspecified atom stereocenters. The zero-order chi connectivity index (χ0) is 13.3. The minimum absolute atomic E-state index is 0.200. The van der Waals surface area contributed by atoms with Gasteiger partial charge in [0.2, 0.25) is 0 Å². The lowest BCUT2D eigenvalue weighted by Crippen LogP contribution is -2.13. The van der Waals surface area contributed by atoms with E-state index in [0.29, 0.717) is 16.3 Å². The van der Waals surface area contributed by atoms with Crippen LogP contribution in [0.2, 0.25) is 0 Å². The molecule has 2 rings (SSSR count). The first-order valence-electron chi connectivity index (χ1n) is 5.46. The van der Waals surface area contributed by atoms with E-state index in [1.165, 1.54) is 0 Å². The molecular formula is C12H14N4OS. The Kier molecular flexibility index (Phi) is 3.29. The highest BCUT2D eigenvalue weighted by molar-refractivity contribution is 7.08. The maximum atomic E-state index is 12.0. The number of rotatable bonds is 2. The van der Waals surface area contributed by atoms with Gasteiger partial charge in [0, 0.05) is 11.4 Å². The van der Waals surface area contributed by atoms with Crippen LogP contribution in [0, 0.1) is 20.8 Å². The van der Waals surface area contributed by atoms with Crippen LogP contribution in [0.3, 0.4) is 0 Å². The average Bonchev–Trinajstić information content (AvgIpc) is 2.72. The van der Waals surface area contributed by atoms with E-state index in [0.717, 1.165) is 28.3 Å². The highest BCUT2D eigenvalue weighted by atomic mass is 32.1. The Morgan fingerprint density at radius 2 is 2.00 bits per heavy atom. The highest BCUT2D eigenvalue weighted by Crippen LogP contribution is 2.23. The first-order valence-corrected chi connectivity index (χ1v) is 6.23. The molecule has 5 nitrogen and oxygen atoms in total. The third-order valence-electron chi connectivity index (χ3n) is 2.72. The van der Waals surface area contributed by atoms with Crippen molar-refractivity contribution in [3.05, 3.63) is 33.8 Å². The van der Waals surface area contributed by atoms with E-state index in [-0.39, 0.29) is 5.91 Å². The van der Waals surface area contributed by atoms with Gasteiger partial charge in [-0.2, -0.15) is 0 Å². The lowest BCUT2D eigenvalue weighted by Gasteiger charge is -2.10. The number of amides is 1. The molecule has 0 bridgehead atoms. The summed E-state index contributed by atoms with van der Waals surface area (Å²) in [6.45, 7) is 5.62. The number of benzene rings is 1. The summed E-state index contributed by atoms with van der Waals surface area (Å²) in [6, 6.07) is 3.72. The third-order valence-corrected chi connectivity index (χ3v) is 3.55. The number of hydrogen-bond acceptors (Lipinski definition) is 5. The molecule has 2 aromatic rings. The molecule has 1 amide bonds. The summed E-state index contributed by atoms with van der Waals surface area (Å²) in [6.07, 6.45) is 0. The molecule has 94 valence electrons. The molecule has 1 heterocycles. The van der Waals surface area contributed by atoms with Crippen molar-refractivity contribution in [3.63, 3.8) is 0 Å². The zero-order valence-corrected chi connectivity index (χ0v) is 11.3. The predicted octanol–water partition coefficient (Wildman–Crippen LogP) is 2.30. The van der Waals surface area contributed by atoms with Crippen molar-refractivity contribution >= 4 is 28.8 Å². The molecule has 0 spiro atoms. The number of aryl methyl sites for hydroxylation is 3. The number of hydrogen-bond donors (Lipinski definition) is 2. The van der Waals surface area contributed by atoms with Gasteiger partial charge in [0.1, 0.15) is 4.88 Å². The summed E-state index contributed by atoms with van der Waals surface area (Å²) in [5, 5.41) is 6.65. The molecule has 0 saturated heterocycles. The van der Waals surface area contributed by atoms with E-state index in [4.69, 9.17) is 5.73 Å². The second kappa shape index (κ2) is 4.73. The molecule has 0 radical (unpaired) electrons. The molecule has 0 aliphatic rings. The van der Waals surface area contributed by atoms with E-state index >= 15 is 0 Å². The summed E-state index contributed by atoms with van der Waals surface area (Å²) < 4.78 is 3.74. The van der Waals surface area contributed by atoms with Crippen LogP contribution < -0.4 is 11.1 Å². The van der Waals surface area contributed by atoms with E-state index in [1.807, 2.05) is 19.9 Å². The zero-order valence-electron chi connectivity index (χ0n) is 10.4. The number of carbonyl (C=O) groups excluding carboxylic acids is 1. The van der Waals surface area contributed by atoms with Crippen molar-refractivity contribution in [3.8, 4) is 0 Å². The van der Waals surface area contributed by atoms with Crippen molar-refractivity contribution in [1.29, 1.82) is 0 Å². The van der Waals surface area contributed by atoms with Crippen molar-refractivity contribution in [2.24, 2.45) is 0 Å². The Morgan fingerprint density at radius 3 is 2.61 bits per heavy atom. The first kappa shape index (κ1) is 12.5. The standard InChI is InChI=1S/C12H14N4OS/c1-6-4-7(2)10(5-9(6)13)14-12(17)11-8(3)15-16-18-11/h4-5H,13H2,1-3H3,(H,14,17). The van der Waals surface area contributed by atoms with Gasteiger partial charge in [-0.15, -0.1) is 5.10 Å². The summed E-state index contributed by atoms with van der Waals surface area (Å²) >= 11 is 1.09. The maximum absolute atomic E-state index is 12.0. The number of nitrogens with zero attached hydrogens (tertiary/aromatic N) is 2. The minimum Gasteiger partial charge on any atom is -0.398 e. The van der Waals surface area contributed by atoms with Crippen molar-refractivity contribution in [2.75, 3.05) is 11.1 Å². The van der Waals surface area contributed by atoms with Gasteiger partial charge in [0.15, 0.2) is 0 Å². The molecule has 0 aliphatic heterocycles. The Hall–Kier alpha value is -1.95. The minimum atomic E-state index is -0.200. The van der Waals surface area contributed by atoms with E-state index in [1.54, 1.807) is 13.0 Å². The van der Waals surface area contributed by atoms with Gasteiger partial charge in [0.05, 0.1) is 5.69 Å². The Bertz CT molecular complexity index is 606. The number of anilines is 2. The van der Waals surface area contributed by atoms with Gasteiger partial charge >= 0.3 is 0 Å². The third kappa shape index (κ3) is 2.33. The van der Waals surface area contributed by atoms with Crippen LogP contribution in [0.25, 0.3) is 0 Å².